The maximum atomic E-state index is 12.5. The van der Waals surface area contributed by atoms with Gasteiger partial charge < -0.3 is 10.3 Å². The van der Waals surface area contributed by atoms with Gasteiger partial charge in [0, 0.05) is 35.5 Å². The lowest BCUT2D eigenvalue weighted by atomic mass is 9.99. The first-order valence-electron chi connectivity index (χ1n) is 9.89. The van der Waals surface area contributed by atoms with Crippen LogP contribution in [0.5, 0.6) is 0 Å². The van der Waals surface area contributed by atoms with E-state index in [4.69, 9.17) is 0 Å². The first kappa shape index (κ1) is 19.7. The lowest BCUT2D eigenvalue weighted by Crippen LogP contribution is -2.16. The Morgan fingerprint density at radius 2 is 2.00 bits per heavy atom. The Kier molecular flexibility index (Phi) is 5.76. The van der Waals surface area contributed by atoms with Crippen molar-refractivity contribution in [2.24, 2.45) is 5.10 Å². The van der Waals surface area contributed by atoms with Crippen LogP contribution in [0.25, 0.3) is 17.3 Å². The summed E-state index contributed by atoms with van der Waals surface area (Å²) < 4.78 is 0. The standard InChI is InChI=1S/C22H23N7O/c1-3-23-9-7-15-14(2)27-18(20(15)17-6-4-5-8-25-17)12-16-21(28-29-22(16)30)19-13-24-10-11-26-19/h4-6,8,10-13,23,27H,3,7,9H2,1-2H3,(H,29,30). The van der Waals surface area contributed by atoms with E-state index in [-0.39, 0.29) is 5.91 Å². The van der Waals surface area contributed by atoms with Gasteiger partial charge in [-0.05, 0) is 50.2 Å². The minimum absolute atomic E-state index is 0.274. The highest BCUT2D eigenvalue weighted by molar-refractivity contribution is 6.32. The van der Waals surface area contributed by atoms with E-state index >= 15 is 0 Å². The predicted molar refractivity (Wildman–Crippen MR) is 116 cm³/mol. The van der Waals surface area contributed by atoms with Crippen LogP contribution in [0.2, 0.25) is 0 Å². The van der Waals surface area contributed by atoms with Crippen LogP contribution in [0, 0.1) is 6.92 Å². The van der Waals surface area contributed by atoms with Crippen LogP contribution in [0.3, 0.4) is 0 Å². The molecule has 3 N–H and O–H groups in total. The number of carbonyl (C=O) groups excluding carboxylic acids is 1. The summed E-state index contributed by atoms with van der Waals surface area (Å²) in [5, 5.41) is 7.54. The maximum Gasteiger partial charge on any atom is 0.273 e. The fourth-order valence-electron chi connectivity index (χ4n) is 3.53. The Bertz CT molecular complexity index is 1100. The van der Waals surface area contributed by atoms with Crippen LogP contribution in [-0.2, 0) is 11.2 Å². The van der Waals surface area contributed by atoms with Gasteiger partial charge in [-0.25, -0.2) is 5.43 Å². The lowest BCUT2D eigenvalue weighted by molar-refractivity contribution is -0.116. The fourth-order valence-corrected chi connectivity index (χ4v) is 3.53. The second-order valence-electron chi connectivity index (χ2n) is 6.89. The Labute approximate surface area is 174 Å². The van der Waals surface area contributed by atoms with Crippen LogP contribution in [0.4, 0.5) is 0 Å². The summed E-state index contributed by atoms with van der Waals surface area (Å²) in [6, 6.07) is 5.83. The molecule has 0 spiro atoms. The zero-order valence-electron chi connectivity index (χ0n) is 16.9. The van der Waals surface area contributed by atoms with Crippen molar-refractivity contribution in [3.63, 3.8) is 0 Å². The second kappa shape index (κ2) is 8.79. The minimum Gasteiger partial charge on any atom is -0.358 e. The van der Waals surface area contributed by atoms with Gasteiger partial charge in [0.1, 0.15) is 11.4 Å². The maximum absolute atomic E-state index is 12.5. The molecular weight excluding hydrogens is 378 g/mol. The molecule has 4 rings (SSSR count). The van der Waals surface area contributed by atoms with Crippen molar-refractivity contribution >= 4 is 17.7 Å². The Hall–Kier alpha value is -3.65. The van der Waals surface area contributed by atoms with Gasteiger partial charge in [-0.1, -0.05) is 13.0 Å². The summed E-state index contributed by atoms with van der Waals surface area (Å²) >= 11 is 0. The molecule has 0 saturated heterocycles. The number of likely N-dealkylation sites (N-methyl/N-ethyl adjacent to an activating group) is 1. The summed E-state index contributed by atoms with van der Waals surface area (Å²) in [4.78, 5) is 28.9. The molecule has 1 aliphatic heterocycles. The molecule has 30 heavy (non-hydrogen) atoms. The molecular formula is C22H23N7O. The third kappa shape index (κ3) is 3.90. The Morgan fingerprint density at radius 3 is 2.73 bits per heavy atom. The summed E-state index contributed by atoms with van der Waals surface area (Å²) in [6.45, 7) is 5.91. The number of hydrogen-bond donors (Lipinski definition) is 3. The smallest absolute Gasteiger partial charge is 0.273 e. The zero-order valence-corrected chi connectivity index (χ0v) is 16.9. The van der Waals surface area contributed by atoms with Gasteiger partial charge in [-0.15, -0.1) is 0 Å². The fraction of sp³-hybridized carbons (Fsp3) is 0.227. The summed E-state index contributed by atoms with van der Waals surface area (Å²) in [6.07, 6.45) is 9.20. The first-order valence-corrected chi connectivity index (χ1v) is 9.89. The molecule has 3 aromatic heterocycles. The van der Waals surface area contributed by atoms with E-state index in [9.17, 15) is 4.79 Å². The molecule has 8 heteroatoms. The van der Waals surface area contributed by atoms with Crippen molar-refractivity contribution in [3.05, 3.63) is 71.2 Å². The number of nitrogens with one attached hydrogen (secondary N) is 3. The molecule has 0 aromatic carbocycles. The van der Waals surface area contributed by atoms with Crippen LogP contribution in [-0.4, -0.2) is 44.6 Å². The van der Waals surface area contributed by atoms with Crippen LogP contribution in [0.1, 0.15) is 29.6 Å². The van der Waals surface area contributed by atoms with Gasteiger partial charge >= 0.3 is 0 Å². The number of aryl methyl sites for hydroxylation is 1. The minimum atomic E-state index is -0.274. The van der Waals surface area contributed by atoms with Gasteiger partial charge in [0.05, 0.1) is 17.5 Å². The van der Waals surface area contributed by atoms with Crippen molar-refractivity contribution < 1.29 is 4.79 Å². The highest BCUT2D eigenvalue weighted by Crippen LogP contribution is 2.31. The number of aromatic amines is 1. The number of H-pyrrole nitrogens is 1. The molecule has 8 nitrogen and oxygen atoms in total. The van der Waals surface area contributed by atoms with Crippen molar-refractivity contribution in [2.75, 3.05) is 13.1 Å². The topological polar surface area (TPSA) is 108 Å². The molecule has 0 unspecified atom stereocenters. The van der Waals surface area contributed by atoms with E-state index in [2.05, 4.69) is 42.7 Å². The largest absolute Gasteiger partial charge is 0.358 e. The van der Waals surface area contributed by atoms with Crippen molar-refractivity contribution in [1.82, 2.24) is 30.7 Å². The molecule has 152 valence electrons. The second-order valence-corrected chi connectivity index (χ2v) is 6.89. The number of hydrogen-bond acceptors (Lipinski definition) is 6. The van der Waals surface area contributed by atoms with Gasteiger partial charge in [-0.3, -0.25) is 19.7 Å². The number of rotatable bonds is 7. The molecule has 0 fully saturated rings. The molecule has 0 aliphatic carbocycles. The summed E-state index contributed by atoms with van der Waals surface area (Å²) in [5.41, 5.74) is 8.89. The lowest BCUT2D eigenvalue weighted by Gasteiger charge is -2.07. The van der Waals surface area contributed by atoms with Crippen LogP contribution >= 0.6 is 0 Å². The third-order valence-electron chi connectivity index (χ3n) is 4.93. The van der Waals surface area contributed by atoms with Crippen molar-refractivity contribution in [3.8, 4) is 11.3 Å². The van der Waals surface area contributed by atoms with Crippen LogP contribution < -0.4 is 10.7 Å². The van der Waals surface area contributed by atoms with Crippen molar-refractivity contribution in [2.45, 2.75) is 20.3 Å². The number of carbonyl (C=O) groups is 1. The predicted octanol–water partition coefficient (Wildman–Crippen LogP) is 2.24. The summed E-state index contributed by atoms with van der Waals surface area (Å²) in [7, 11) is 0. The number of amides is 1. The van der Waals surface area contributed by atoms with Gasteiger partial charge in [0.15, 0.2) is 0 Å². The molecule has 0 radical (unpaired) electrons. The van der Waals surface area contributed by atoms with E-state index in [0.717, 1.165) is 42.2 Å². The van der Waals surface area contributed by atoms with Crippen LogP contribution in [0.15, 0.2) is 53.7 Å². The highest BCUT2D eigenvalue weighted by Gasteiger charge is 2.27. The van der Waals surface area contributed by atoms with E-state index in [0.29, 0.717) is 17.0 Å². The van der Waals surface area contributed by atoms with Gasteiger partial charge in [0.25, 0.3) is 5.91 Å². The van der Waals surface area contributed by atoms with Gasteiger partial charge in [0.2, 0.25) is 0 Å². The molecule has 0 saturated carbocycles. The average molecular weight is 401 g/mol. The normalized spacial score (nSPS) is 14.8. The molecule has 4 heterocycles. The number of pyridine rings is 1. The van der Waals surface area contributed by atoms with E-state index in [1.54, 1.807) is 24.8 Å². The number of aromatic nitrogens is 4. The molecule has 0 atom stereocenters. The first-order chi connectivity index (χ1) is 14.7. The highest BCUT2D eigenvalue weighted by atomic mass is 16.2. The van der Waals surface area contributed by atoms with E-state index in [1.165, 1.54) is 5.56 Å². The van der Waals surface area contributed by atoms with E-state index < -0.39 is 0 Å². The summed E-state index contributed by atoms with van der Waals surface area (Å²) in [5.74, 6) is -0.274. The van der Waals surface area contributed by atoms with Gasteiger partial charge in [-0.2, -0.15) is 5.10 Å². The Balaban J connectivity index is 1.81. The zero-order chi connectivity index (χ0) is 20.9. The third-order valence-corrected chi connectivity index (χ3v) is 4.93. The molecule has 3 aromatic rings. The quantitative estimate of drug-likeness (QED) is 0.416. The monoisotopic (exact) mass is 401 g/mol. The molecule has 1 amide bonds. The van der Waals surface area contributed by atoms with E-state index in [1.807, 2.05) is 31.2 Å². The van der Waals surface area contributed by atoms with Crippen molar-refractivity contribution in [1.29, 1.82) is 0 Å². The number of nitrogens with zero attached hydrogens (tertiary/aromatic N) is 4. The Morgan fingerprint density at radius 1 is 1.13 bits per heavy atom. The number of hydrazone groups is 1. The molecule has 1 aliphatic rings. The molecule has 0 bridgehead atoms. The average Bonchev–Trinajstić information content (AvgIpc) is 3.29. The SMILES string of the molecule is CCNCCc1c(C)[nH]c(C=C2C(=O)NN=C2c2cnccn2)c1-c1ccccn1.